The zero-order valence-electron chi connectivity index (χ0n) is 16.4. The first-order valence-corrected chi connectivity index (χ1v) is 10.2. The Bertz CT molecular complexity index is 974. The number of likely N-dealkylation sites (tertiary alicyclic amines) is 1. The van der Waals surface area contributed by atoms with Gasteiger partial charge in [0.05, 0.1) is 38.1 Å². The SMILES string of the molecule is COc1cc2c(cc1OCCCN1CCCC1)[nH]c1ccnc(C3COC3)c12. The van der Waals surface area contributed by atoms with Crippen molar-refractivity contribution in [3.05, 3.63) is 30.1 Å². The molecule has 28 heavy (non-hydrogen) atoms. The summed E-state index contributed by atoms with van der Waals surface area (Å²) in [6.07, 6.45) is 5.56. The molecule has 2 saturated heterocycles. The molecule has 0 spiro atoms. The molecular formula is C22H27N3O3. The van der Waals surface area contributed by atoms with Crippen LogP contribution in [-0.4, -0.2) is 61.4 Å². The minimum Gasteiger partial charge on any atom is -0.493 e. The number of H-pyrrole nitrogens is 1. The van der Waals surface area contributed by atoms with Crippen molar-refractivity contribution in [1.29, 1.82) is 0 Å². The lowest BCUT2D eigenvalue weighted by Crippen LogP contribution is -2.26. The second kappa shape index (κ2) is 7.60. The molecule has 5 rings (SSSR count). The third-order valence-corrected chi connectivity index (χ3v) is 5.92. The molecule has 0 bridgehead atoms. The highest BCUT2D eigenvalue weighted by molar-refractivity contribution is 6.09. The molecule has 0 radical (unpaired) electrons. The van der Waals surface area contributed by atoms with E-state index in [2.05, 4.69) is 27.0 Å². The summed E-state index contributed by atoms with van der Waals surface area (Å²) in [5.41, 5.74) is 3.26. The number of benzene rings is 1. The molecule has 2 aromatic heterocycles. The second-order valence-corrected chi connectivity index (χ2v) is 7.78. The third kappa shape index (κ3) is 3.20. The highest BCUT2D eigenvalue weighted by Gasteiger charge is 2.26. The van der Waals surface area contributed by atoms with E-state index in [-0.39, 0.29) is 0 Å². The number of pyridine rings is 1. The fraction of sp³-hybridized carbons (Fsp3) is 0.500. The van der Waals surface area contributed by atoms with E-state index in [0.29, 0.717) is 12.5 Å². The van der Waals surface area contributed by atoms with Gasteiger partial charge in [-0.3, -0.25) is 4.98 Å². The molecular weight excluding hydrogens is 354 g/mol. The zero-order chi connectivity index (χ0) is 18.9. The van der Waals surface area contributed by atoms with Gasteiger partial charge in [0.15, 0.2) is 11.5 Å². The maximum Gasteiger partial charge on any atom is 0.163 e. The number of ether oxygens (including phenoxy) is 3. The van der Waals surface area contributed by atoms with Crippen LogP contribution in [0.3, 0.4) is 0 Å². The molecule has 1 N–H and O–H groups in total. The molecule has 0 amide bonds. The van der Waals surface area contributed by atoms with Gasteiger partial charge in [-0.25, -0.2) is 0 Å². The molecule has 6 nitrogen and oxygen atoms in total. The van der Waals surface area contributed by atoms with Gasteiger partial charge in [0.1, 0.15) is 0 Å². The molecule has 3 aromatic rings. The van der Waals surface area contributed by atoms with E-state index in [1.54, 1.807) is 7.11 Å². The Morgan fingerprint density at radius 2 is 2.04 bits per heavy atom. The van der Waals surface area contributed by atoms with E-state index in [4.69, 9.17) is 14.2 Å². The normalized spacial score (nSPS) is 18.0. The van der Waals surface area contributed by atoms with Crippen LogP contribution in [0.5, 0.6) is 11.5 Å². The van der Waals surface area contributed by atoms with Gasteiger partial charge in [-0.2, -0.15) is 0 Å². The van der Waals surface area contributed by atoms with Crippen LogP contribution < -0.4 is 9.47 Å². The molecule has 2 aliphatic rings. The molecule has 0 unspecified atom stereocenters. The molecule has 0 atom stereocenters. The van der Waals surface area contributed by atoms with Crippen LogP contribution in [0.2, 0.25) is 0 Å². The molecule has 148 valence electrons. The van der Waals surface area contributed by atoms with E-state index in [1.807, 2.05) is 12.3 Å². The van der Waals surface area contributed by atoms with Gasteiger partial charge in [-0.15, -0.1) is 0 Å². The number of aromatic amines is 1. The van der Waals surface area contributed by atoms with Gasteiger partial charge in [0.25, 0.3) is 0 Å². The number of fused-ring (bicyclic) bond motifs is 3. The van der Waals surface area contributed by atoms with E-state index in [9.17, 15) is 0 Å². The van der Waals surface area contributed by atoms with Crippen molar-refractivity contribution < 1.29 is 14.2 Å². The zero-order valence-corrected chi connectivity index (χ0v) is 16.4. The largest absolute Gasteiger partial charge is 0.493 e. The standard InChI is InChI=1S/C22H27N3O3/c1-26-19-11-16-18(12-20(19)28-10-4-9-25-7-2-3-8-25)24-17-5-6-23-22(21(16)17)15-13-27-14-15/h5-6,11-12,15,24H,2-4,7-10,13-14H2,1H3. The van der Waals surface area contributed by atoms with Gasteiger partial charge in [-0.1, -0.05) is 0 Å². The Balaban J connectivity index is 1.41. The van der Waals surface area contributed by atoms with Crippen molar-refractivity contribution in [3.63, 3.8) is 0 Å². The summed E-state index contributed by atoms with van der Waals surface area (Å²) in [6, 6.07) is 6.17. The summed E-state index contributed by atoms with van der Waals surface area (Å²) in [6.45, 7) is 5.75. The number of hydrogen-bond acceptors (Lipinski definition) is 5. The Labute approximate surface area is 164 Å². The fourth-order valence-corrected chi connectivity index (χ4v) is 4.33. The molecule has 2 aliphatic heterocycles. The van der Waals surface area contributed by atoms with Gasteiger partial charge in [-0.05, 0) is 44.5 Å². The number of nitrogens with one attached hydrogen (secondary N) is 1. The maximum absolute atomic E-state index is 6.09. The van der Waals surface area contributed by atoms with E-state index in [0.717, 1.165) is 59.8 Å². The van der Waals surface area contributed by atoms with Crippen LogP contribution in [0.1, 0.15) is 30.9 Å². The molecule has 2 fully saturated rings. The van der Waals surface area contributed by atoms with Crippen LogP contribution in [0.4, 0.5) is 0 Å². The lowest BCUT2D eigenvalue weighted by atomic mass is 9.98. The summed E-state index contributed by atoms with van der Waals surface area (Å²) >= 11 is 0. The smallest absolute Gasteiger partial charge is 0.163 e. The summed E-state index contributed by atoms with van der Waals surface area (Å²) in [4.78, 5) is 10.7. The third-order valence-electron chi connectivity index (χ3n) is 5.92. The topological polar surface area (TPSA) is 59.6 Å². The van der Waals surface area contributed by atoms with E-state index >= 15 is 0 Å². The Kier molecular flexibility index (Phi) is 4.82. The monoisotopic (exact) mass is 381 g/mol. The first kappa shape index (κ1) is 17.8. The number of aromatic nitrogens is 2. The van der Waals surface area contributed by atoms with Gasteiger partial charge in [0.2, 0.25) is 0 Å². The Morgan fingerprint density at radius 1 is 1.18 bits per heavy atom. The summed E-state index contributed by atoms with van der Waals surface area (Å²) < 4.78 is 17.1. The van der Waals surface area contributed by atoms with Crippen LogP contribution in [-0.2, 0) is 4.74 Å². The first-order chi connectivity index (χ1) is 13.8. The lowest BCUT2D eigenvalue weighted by molar-refractivity contribution is 0.00738. The lowest BCUT2D eigenvalue weighted by Gasteiger charge is -2.25. The molecule has 6 heteroatoms. The predicted molar refractivity (Wildman–Crippen MR) is 109 cm³/mol. The Morgan fingerprint density at radius 3 is 2.79 bits per heavy atom. The minimum atomic E-state index is 0.371. The molecule has 4 heterocycles. The number of rotatable bonds is 7. The minimum absolute atomic E-state index is 0.371. The highest BCUT2D eigenvalue weighted by atomic mass is 16.5. The maximum atomic E-state index is 6.09. The van der Waals surface area contributed by atoms with Crippen molar-refractivity contribution in [2.45, 2.75) is 25.2 Å². The molecule has 1 aromatic carbocycles. The van der Waals surface area contributed by atoms with Gasteiger partial charge < -0.3 is 24.1 Å². The Hall–Kier alpha value is -2.31. The fourth-order valence-electron chi connectivity index (χ4n) is 4.33. The van der Waals surface area contributed by atoms with E-state index in [1.165, 1.54) is 31.3 Å². The number of hydrogen-bond donors (Lipinski definition) is 1. The average molecular weight is 381 g/mol. The van der Waals surface area contributed by atoms with Crippen molar-refractivity contribution in [1.82, 2.24) is 14.9 Å². The quantitative estimate of drug-likeness (QED) is 0.633. The first-order valence-electron chi connectivity index (χ1n) is 10.2. The highest BCUT2D eigenvalue weighted by Crippen LogP contribution is 2.39. The average Bonchev–Trinajstić information content (AvgIpc) is 3.30. The molecule has 0 aliphatic carbocycles. The number of methoxy groups -OCH3 is 1. The molecule has 0 saturated carbocycles. The van der Waals surface area contributed by atoms with Crippen molar-refractivity contribution in [2.75, 3.05) is 46.6 Å². The predicted octanol–water partition coefficient (Wildman–Crippen LogP) is 3.70. The van der Waals surface area contributed by atoms with Crippen molar-refractivity contribution >= 4 is 21.8 Å². The van der Waals surface area contributed by atoms with Crippen LogP contribution in [0.25, 0.3) is 21.8 Å². The summed E-state index contributed by atoms with van der Waals surface area (Å²) in [7, 11) is 1.70. The number of nitrogens with zero attached hydrogens (tertiary/aromatic N) is 2. The summed E-state index contributed by atoms with van der Waals surface area (Å²) in [5.74, 6) is 1.94. The van der Waals surface area contributed by atoms with E-state index < -0.39 is 0 Å². The van der Waals surface area contributed by atoms with Crippen molar-refractivity contribution in [2.24, 2.45) is 0 Å². The van der Waals surface area contributed by atoms with Gasteiger partial charge >= 0.3 is 0 Å². The van der Waals surface area contributed by atoms with Crippen LogP contribution >= 0.6 is 0 Å². The van der Waals surface area contributed by atoms with Crippen LogP contribution in [0.15, 0.2) is 24.4 Å². The summed E-state index contributed by atoms with van der Waals surface area (Å²) in [5, 5.41) is 2.30. The van der Waals surface area contributed by atoms with Gasteiger partial charge in [0, 0.05) is 41.0 Å². The van der Waals surface area contributed by atoms with Crippen molar-refractivity contribution in [3.8, 4) is 11.5 Å². The van der Waals surface area contributed by atoms with Crippen LogP contribution in [0, 0.1) is 0 Å². The second-order valence-electron chi connectivity index (χ2n) is 7.78.